The first-order valence-electron chi connectivity index (χ1n) is 12.7. The molecule has 2 heterocycles. The predicted molar refractivity (Wildman–Crippen MR) is 142 cm³/mol. The molecule has 0 radical (unpaired) electrons. The zero-order valence-electron chi connectivity index (χ0n) is 22.1. The van der Waals surface area contributed by atoms with Crippen LogP contribution in [0.1, 0.15) is 36.8 Å². The number of H-pyrrole nitrogens is 1. The summed E-state index contributed by atoms with van der Waals surface area (Å²) in [6.45, 7) is 2.90. The average molecular weight is 574 g/mol. The number of aromatic amines is 1. The van der Waals surface area contributed by atoms with E-state index in [9.17, 15) is 23.9 Å². The number of benzene rings is 2. The molecule has 0 saturated carbocycles. The van der Waals surface area contributed by atoms with E-state index < -0.39 is 36.4 Å². The van der Waals surface area contributed by atoms with Gasteiger partial charge in [0.05, 0.1) is 30.8 Å². The van der Waals surface area contributed by atoms with Gasteiger partial charge in [-0.15, -0.1) is 0 Å². The van der Waals surface area contributed by atoms with Crippen LogP contribution in [0.5, 0.6) is 5.75 Å². The number of nitrogens with zero attached hydrogens (tertiary/aromatic N) is 2. The normalized spacial score (nSPS) is 14.9. The summed E-state index contributed by atoms with van der Waals surface area (Å²) in [4.78, 5) is 32.8. The molecule has 3 aromatic rings. The van der Waals surface area contributed by atoms with Gasteiger partial charge in [0.1, 0.15) is 11.6 Å². The topological polar surface area (TPSA) is 194 Å². The average Bonchev–Trinajstić information content (AvgIpc) is 3.56. The molecule has 1 aliphatic rings. The summed E-state index contributed by atoms with van der Waals surface area (Å²) in [6.07, 6.45) is 1.89. The highest BCUT2D eigenvalue weighted by molar-refractivity contribution is 5.88. The molecule has 0 aliphatic carbocycles. The third-order valence-electron chi connectivity index (χ3n) is 6.33. The van der Waals surface area contributed by atoms with Crippen molar-refractivity contribution in [3.63, 3.8) is 0 Å². The van der Waals surface area contributed by atoms with Gasteiger partial charge in [-0.3, -0.25) is 19.6 Å². The summed E-state index contributed by atoms with van der Waals surface area (Å²) in [7, 11) is 0. The fourth-order valence-electron chi connectivity index (χ4n) is 4.42. The number of hydrogen-bond donors (Lipinski definition) is 6. The van der Waals surface area contributed by atoms with Crippen LogP contribution >= 0.6 is 0 Å². The number of phenolic OH excluding ortho intramolecular Hbond substituents is 1. The third-order valence-corrected chi connectivity index (χ3v) is 6.33. The Kier molecular flexibility index (Phi) is 10.9. The van der Waals surface area contributed by atoms with E-state index in [-0.39, 0.29) is 17.7 Å². The molecule has 1 unspecified atom stereocenters. The quantitative estimate of drug-likeness (QED) is 0.187. The Morgan fingerprint density at radius 2 is 1.73 bits per heavy atom. The molecule has 0 spiro atoms. The zero-order valence-corrected chi connectivity index (χ0v) is 22.1. The van der Waals surface area contributed by atoms with Crippen molar-refractivity contribution >= 4 is 17.9 Å². The van der Waals surface area contributed by atoms with Crippen molar-refractivity contribution < 1.29 is 49.0 Å². The number of rotatable bonds is 12. The fraction of sp³-hybridized carbons (Fsp3) is 0.357. The molecule has 220 valence electrons. The standard InChI is InChI=1S/C22H24FN3O2.C6H8O7/c23-19-4-1-3-16(11-19)13-26(15-21-5-2-10-28-21)14-18-12-24-25-22(18)17-6-8-20(27)9-7-17;7-3(8)1-6(13,5(11)12)2-4(9)10/h1,3-4,6-9,11-12,21,27H,2,5,10,13-15H2,(H,24,25);13H,1-2H2,(H,7,8)(H,9,10)(H,11,12). The molecule has 2 aromatic carbocycles. The smallest absolute Gasteiger partial charge is 0.336 e. The number of carboxylic acids is 3. The first kappa shape index (κ1) is 31.2. The highest BCUT2D eigenvalue weighted by atomic mass is 19.1. The SMILES string of the molecule is O=C(O)CC(O)(CC(=O)O)C(=O)O.Oc1ccc(-c2[nH]ncc2CN(Cc2cccc(F)c2)CC2CCCO2)cc1. The van der Waals surface area contributed by atoms with E-state index in [1.165, 1.54) is 6.07 Å². The lowest BCUT2D eigenvalue weighted by atomic mass is 9.96. The van der Waals surface area contributed by atoms with Crippen molar-refractivity contribution in [3.05, 3.63) is 71.7 Å². The number of carbonyl (C=O) groups is 3. The van der Waals surface area contributed by atoms with Crippen LogP contribution in [0, 0.1) is 5.82 Å². The van der Waals surface area contributed by atoms with E-state index in [2.05, 4.69) is 15.1 Å². The predicted octanol–water partition coefficient (Wildman–Crippen LogP) is 2.85. The summed E-state index contributed by atoms with van der Waals surface area (Å²) in [5.74, 6) is -5.01. The molecule has 1 atom stereocenters. The van der Waals surface area contributed by atoms with E-state index in [1.807, 2.05) is 24.4 Å². The molecule has 12 nitrogen and oxygen atoms in total. The molecular weight excluding hydrogens is 541 g/mol. The van der Waals surface area contributed by atoms with Crippen LogP contribution in [-0.2, 0) is 32.2 Å². The molecule has 4 rings (SSSR count). The second-order valence-electron chi connectivity index (χ2n) is 9.73. The van der Waals surface area contributed by atoms with Gasteiger partial charge in [0.2, 0.25) is 0 Å². The zero-order chi connectivity index (χ0) is 30.0. The Morgan fingerprint density at radius 3 is 2.29 bits per heavy atom. The molecule has 1 aromatic heterocycles. The van der Waals surface area contributed by atoms with Crippen LogP contribution in [0.25, 0.3) is 11.3 Å². The molecule has 1 fully saturated rings. The minimum Gasteiger partial charge on any atom is -0.508 e. The van der Waals surface area contributed by atoms with Crippen LogP contribution < -0.4 is 0 Å². The van der Waals surface area contributed by atoms with Crippen molar-refractivity contribution in [1.29, 1.82) is 0 Å². The van der Waals surface area contributed by atoms with Crippen LogP contribution in [0.3, 0.4) is 0 Å². The number of aliphatic hydroxyl groups is 1. The lowest BCUT2D eigenvalue weighted by Crippen LogP contribution is -2.42. The number of aliphatic carboxylic acids is 3. The molecule has 41 heavy (non-hydrogen) atoms. The molecule has 1 aliphatic heterocycles. The summed E-state index contributed by atoms with van der Waals surface area (Å²) in [6, 6.07) is 13.8. The van der Waals surface area contributed by atoms with Gasteiger partial charge < -0.3 is 30.3 Å². The van der Waals surface area contributed by atoms with Gasteiger partial charge in [-0.25, -0.2) is 9.18 Å². The van der Waals surface area contributed by atoms with Gasteiger partial charge in [0.25, 0.3) is 0 Å². The van der Waals surface area contributed by atoms with Crippen molar-refractivity contribution in [2.24, 2.45) is 0 Å². The number of hydrogen-bond acceptors (Lipinski definition) is 8. The summed E-state index contributed by atoms with van der Waals surface area (Å²) in [5.41, 5.74) is 1.15. The van der Waals surface area contributed by atoms with Crippen molar-refractivity contribution in [2.45, 2.75) is 50.5 Å². The maximum absolute atomic E-state index is 13.6. The lowest BCUT2D eigenvalue weighted by molar-refractivity contribution is -0.170. The fourth-order valence-corrected chi connectivity index (χ4v) is 4.42. The minimum atomic E-state index is -2.74. The van der Waals surface area contributed by atoms with E-state index in [4.69, 9.17) is 25.2 Å². The van der Waals surface area contributed by atoms with Crippen LogP contribution in [-0.4, -0.2) is 83.4 Å². The van der Waals surface area contributed by atoms with Crippen LogP contribution in [0.15, 0.2) is 54.7 Å². The Balaban J connectivity index is 0.000000302. The molecule has 1 saturated heterocycles. The summed E-state index contributed by atoms with van der Waals surface area (Å²) in [5, 5.41) is 50.6. The number of phenols is 1. The number of nitrogens with one attached hydrogen (secondary N) is 1. The number of ether oxygens (including phenoxy) is 1. The summed E-state index contributed by atoms with van der Waals surface area (Å²) >= 11 is 0. The van der Waals surface area contributed by atoms with Gasteiger partial charge in [-0.05, 0) is 54.8 Å². The number of aromatic nitrogens is 2. The van der Waals surface area contributed by atoms with Crippen molar-refractivity contribution in [2.75, 3.05) is 13.2 Å². The Bertz CT molecular complexity index is 1310. The highest BCUT2D eigenvalue weighted by Crippen LogP contribution is 2.26. The number of aromatic hydroxyl groups is 1. The molecular formula is C28H32FN3O9. The molecule has 0 amide bonds. The highest BCUT2D eigenvalue weighted by Gasteiger charge is 2.40. The minimum absolute atomic E-state index is 0.206. The molecule has 6 N–H and O–H groups in total. The van der Waals surface area contributed by atoms with Crippen molar-refractivity contribution in [1.82, 2.24) is 15.1 Å². The largest absolute Gasteiger partial charge is 0.508 e. The van der Waals surface area contributed by atoms with Crippen LogP contribution in [0.2, 0.25) is 0 Å². The van der Waals surface area contributed by atoms with Gasteiger partial charge in [-0.1, -0.05) is 12.1 Å². The molecule has 13 heteroatoms. The van der Waals surface area contributed by atoms with E-state index >= 15 is 0 Å². The Labute approximate surface area is 234 Å². The Morgan fingerprint density at radius 1 is 1.05 bits per heavy atom. The maximum atomic E-state index is 13.6. The van der Waals surface area contributed by atoms with Gasteiger partial charge in [0, 0.05) is 37.4 Å². The number of halogens is 1. The molecule has 0 bridgehead atoms. The first-order valence-corrected chi connectivity index (χ1v) is 12.7. The maximum Gasteiger partial charge on any atom is 0.336 e. The first-order chi connectivity index (χ1) is 19.4. The van der Waals surface area contributed by atoms with Crippen LogP contribution in [0.4, 0.5) is 4.39 Å². The number of carboxylic acid groups (broad SMARTS) is 3. The Hall–Kier alpha value is -4.33. The van der Waals surface area contributed by atoms with E-state index in [1.54, 1.807) is 24.3 Å². The van der Waals surface area contributed by atoms with Gasteiger partial charge in [-0.2, -0.15) is 5.10 Å². The lowest BCUT2D eigenvalue weighted by Gasteiger charge is -2.25. The second-order valence-corrected chi connectivity index (χ2v) is 9.73. The monoisotopic (exact) mass is 573 g/mol. The third kappa shape index (κ3) is 9.67. The van der Waals surface area contributed by atoms with Gasteiger partial charge >= 0.3 is 17.9 Å². The van der Waals surface area contributed by atoms with E-state index in [0.717, 1.165) is 48.4 Å². The van der Waals surface area contributed by atoms with Crippen molar-refractivity contribution in [3.8, 4) is 17.0 Å². The second kappa shape index (κ2) is 14.3. The summed E-state index contributed by atoms with van der Waals surface area (Å²) < 4.78 is 19.5. The van der Waals surface area contributed by atoms with Gasteiger partial charge in [0.15, 0.2) is 5.60 Å². The van der Waals surface area contributed by atoms with E-state index in [0.29, 0.717) is 13.1 Å².